The number of aliphatic hydroxyl groups is 3. The molecule has 18 heteroatoms. The van der Waals surface area contributed by atoms with Crippen LogP contribution >= 0.6 is 0 Å². The van der Waals surface area contributed by atoms with Gasteiger partial charge >= 0.3 is 5.79 Å². The Labute approximate surface area is 354 Å². The van der Waals surface area contributed by atoms with Crippen LogP contribution in [0.5, 0.6) is 86.2 Å². The standard InChI is InChI=1S/C45H36O18/c46-18-10-27(54)33-31(11-18)62-45(17-3-6-22(49)26(53)9-17)44(59)38(33)36-32(63-45)14-29(56)35-37(39(58)41(61-43(35)36)16-2-5-21(48)25(52)8-16)34-28(55)13-23(50)19-12-30(57)40(60-42(19)34)15-1-4-20(47)24(51)7-15/h1-11,13-14,30,37-41,44,46-59H,12H2/t30-,37+,38+,39-,40-,41-,44-,45+/m1/s1. The number of fused-ring (bicyclic) bond motifs is 9. The largest absolute Gasteiger partial charge is 0.508 e. The van der Waals surface area contributed by atoms with Gasteiger partial charge in [0.25, 0.3) is 0 Å². The summed E-state index contributed by atoms with van der Waals surface area (Å²) in [5, 5.41) is 155. The van der Waals surface area contributed by atoms with Crippen molar-refractivity contribution in [3.63, 3.8) is 0 Å². The zero-order valence-corrected chi connectivity index (χ0v) is 32.1. The number of rotatable bonds is 4. The molecule has 10 rings (SSSR count). The van der Waals surface area contributed by atoms with Crippen LogP contribution in [0.25, 0.3) is 0 Å². The van der Waals surface area contributed by atoms with E-state index in [0.717, 1.165) is 60.7 Å². The summed E-state index contributed by atoms with van der Waals surface area (Å²) in [6.45, 7) is 0. The van der Waals surface area contributed by atoms with Gasteiger partial charge in [0.1, 0.15) is 70.1 Å². The van der Waals surface area contributed by atoms with Gasteiger partial charge in [0, 0.05) is 64.1 Å². The molecule has 6 aromatic rings. The van der Waals surface area contributed by atoms with Gasteiger partial charge < -0.3 is 90.4 Å². The molecule has 4 aliphatic heterocycles. The summed E-state index contributed by atoms with van der Waals surface area (Å²) in [5.74, 6) is -12.6. The second kappa shape index (κ2) is 13.6. The third-order valence-corrected chi connectivity index (χ3v) is 12.2. The predicted octanol–water partition coefficient (Wildman–Crippen LogP) is 4.24. The maximum atomic E-state index is 12.5. The molecule has 18 nitrogen and oxygen atoms in total. The lowest BCUT2D eigenvalue weighted by Crippen LogP contribution is -2.57. The van der Waals surface area contributed by atoms with Gasteiger partial charge in [-0.05, 0) is 53.6 Å². The van der Waals surface area contributed by atoms with E-state index in [2.05, 4.69) is 0 Å². The summed E-state index contributed by atoms with van der Waals surface area (Å²) in [6.07, 6.45) is -8.29. The molecular weight excluding hydrogens is 828 g/mol. The Hall–Kier alpha value is -7.80. The molecular formula is C45H36O18. The molecule has 0 spiro atoms. The van der Waals surface area contributed by atoms with Crippen molar-refractivity contribution in [3.8, 4) is 86.2 Å². The van der Waals surface area contributed by atoms with Gasteiger partial charge in [-0.25, -0.2) is 0 Å². The van der Waals surface area contributed by atoms with Crippen molar-refractivity contribution in [2.75, 3.05) is 0 Å². The Morgan fingerprint density at radius 3 is 1.62 bits per heavy atom. The van der Waals surface area contributed by atoms with Gasteiger partial charge in [-0.1, -0.05) is 12.1 Å². The Kier molecular flexibility index (Phi) is 8.49. The highest BCUT2D eigenvalue weighted by Crippen LogP contribution is 2.65. The number of hydrogen-bond acceptors (Lipinski definition) is 18. The number of aliphatic hydroxyl groups excluding tert-OH is 3. The quantitative estimate of drug-likeness (QED) is 0.110. The lowest BCUT2D eigenvalue weighted by Gasteiger charge is -2.51. The molecule has 6 aromatic carbocycles. The molecule has 0 radical (unpaired) electrons. The van der Waals surface area contributed by atoms with Crippen LogP contribution in [-0.2, 0) is 12.2 Å². The Balaban J connectivity index is 1.25. The van der Waals surface area contributed by atoms with Crippen LogP contribution in [0.15, 0.2) is 78.9 Å². The Morgan fingerprint density at radius 2 is 0.984 bits per heavy atom. The second-order valence-electron chi connectivity index (χ2n) is 15.9. The molecule has 4 aliphatic rings. The Morgan fingerprint density at radius 1 is 0.444 bits per heavy atom. The molecule has 0 saturated carbocycles. The normalized spacial score (nSPS) is 25.2. The highest BCUT2D eigenvalue weighted by atomic mass is 16.7. The number of phenolic OH excluding ortho intramolecular Hbond substituents is 11. The minimum atomic E-state index is -2.31. The average Bonchev–Trinajstić information content (AvgIpc) is 3.22. The van der Waals surface area contributed by atoms with Crippen molar-refractivity contribution in [2.24, 2.45) is 0 Å². The number of aromatic hydroxyl groups is 11. The summed E-state index contributed by atoms with van der Waals surface area (Å²) in [7, 11) is 0. The Bertz CT molecular complexity index is 2910. The van der Waals surface area contributed by atoms with E-state index >= 15 is 0 Å². The number of benzene rings is 6. The fraction of sp³-hybridized carbons (Fsp3) is 0.200. The van der Waals surface area contributed by atoms with Crippen molar-refractivity contribution in [3.05, 3.63) is 123 Å². The molecule has 0 aliphatic carbocycles. The number of phenols is 11. The van der Waals surface area contributed by atoms with Crippen LogP contribution in [0.1, 0.15) is 68.6 Å². The maximum Gasteiger partial charge on any atom is 0.305 e. The van der Waals surface area contributed by atoms with E-state index in [-0.39, 0.29) is 73.9 Å². The molecule has 4 heterocycles. The molecule has 14 N–H and O–H groups in total. The highest BCUT2D eigenvalue weighted by molar-refractivity contribution is 5.72. The third kappa shape index (κ3) is 5.68. The van der Waals surface area contributed by atoms with Crippen LogP contribution in [0.3, 0.4) is 0 Å². The molecule has 0 saturated heterocycles. The van der Waals surface area contributed by atoms with E-state index < -0.39 is 111 Å². The molecule has 0 aromatic heterocycles. The smallest absolute Gasteiger partial charge is 0.305 e. The van der Waals surface area contributed by atoms with Gasteiger partial charge in [0.2, 0.25) is 0 Å². The van der Waals surface area contributed by atoms with Crippen molar-refractivity contribution >= 4 is 0 Å². The molecule has 0 unspecified atom stereocenters. The van der Waals surface area contributed by atoms with Crippen LogP contribution < -0.4 is 18.9 Å². The van der Waals surface area contributed by atoms with Crippen molar-refractivity contribution in [1.29, 1.82) is 0 Å². The second-order valence-corrected chi connectivity index (χ2v) is 15.9. The van der Waals surface area contributed by atoms with Crippen LogP contribution in [0.2, 0.25) is 0 Å². The van der Waals surface area contributed by atoms with Gasteiger partial charge in [0.05, 0.1) is 17.9 Å². The number of hydrogen-bond donors (Lipinski definition) is 14. The third-order valence-electron chi connectivity index (χ3n) is 12.2. The minimum Gasteiger partial charge on any atom is -0.508 e. The number of ether oxygens (including phenoxy) is 4. The summed E-state index contributed by atoms with van der Waals surface area (Å²) >= 11 is 0. The van der Waals surface area contributed by atoms with E-state index in [9.17, 15) is 71.5 Å². The molecule has 0 fully saturated rings. The lowest BCUT2D eigenvalue weighted by atomic mass is 9.71. The first kappa shape index (κ1) is 39.3. The van der Waals surface area contributed by atoms with Crippen LogP contribution in [0, 0.1) is 0 Å². The fourth-order valence-corrected chi connectivity index (χ4v) is 9.32. The molecule has 0 amide bonds. The first-order valence-electron chi connectivity index (χ1n) is 19.3. The van der Waals surface area contributed by atoms with E-state index in [0.29, 0.717) is 0 Å². The van der Waals surface area contributed by atoms with Gasteiger partial charge in [0.15, 0.2) is 40.6 Å². The first-order valence-corrected chi connectivity index (χ1v) is 19.3. The lowest BCUT2D eigenvalue weighted by molar-refractivity contribution is -0.219. The van der Waals surface area contributed by atoms with Gasteiger partial charge in [-0.3, -0.25) is 0 Å². The molecule has 63 heavy (non-hydrogen) atoms. The predicted molar refractivity (Wildman–Crippen MR) is 212 cm³/mol. The van der Waals surface area contributed by atoms with E-state index in [1.807, 2.05) is 0 Å². The van der Waals surface area contributed by atoms with Crippen LogP contribution in [-0.4, -0.2) is 89.8 Å². The summed E-state index contributed by atoms with van der Waals surface area (Å²) in [6, 6.07) is 14.8. The molecule has 324 valence electrons. The van der Waals surface area contributed by atoms with Crippen LogP contribution in [0.4, 0.5) is 0 Å². The summed E-state index contributed by atoms with van der Waals surface area (Å²) in [5.41, 5.74) is -0.583. The van der Waals surface area contributed by atoms with E-state index in [1.54, 1.807) is 0 Å². The van der Waals surface area contributed by atoms with Crippen molar-refractivity contribution in [2.45, 2.75) is 54.6 Å². The molecule has 8 atom stereocenters. The minimum absolute atomic E-state index is 0.0325. The van der Waals surface area contributed by atoms with Gasteiger partial charge in [-0.2, -0.15) is 0 Å². The summed E-state index contributed by atoms with van der Waals surface area (Å²) in [4.78, 5) is 0. The van der Waals surface area contributed by atoms with Crippen molar-refractivity contribution in [1.82, 2.24) is 0 Å². The topological polar surface area (TPSA) is 320 Å². The molecule has 2 bridgehead atoms. The monoisotopic (exact) mass is 864 g/mol. The van der Waals surface area contributed by atoms with E-state index in [4.69, 9.17) is 18.9 Å². The fourth-order valence-electron chi connectivity index (χ4n) is 9.32. The van der Waals surface area contributed by atoms with E-state index in [1.165, 1.54) is 18.2 Å². The highest BCUT2D eigenvalue weighted by Gasteiger charge is 2.61. The maximum absolute atomic E-state index is 12.5. The SMILES string of the molecule is Oc1cc(O)c2c(c1)O[C@@]1(c3ccc(O)c(O)c3)Oc3cc(O)c4c(c3[C@H]2[C@H]1O)O[C@H](c1ccc(O)c(O)c1)[C@H](O)[C@H]4c1c(O)cc(O)c2c1O[C@H](c1ccc(O)c(O)c1)[C@H](O)C2. The van der Waals surface area contributed by atoms with Gasteiger partial charge in [-0.15, -0.1) is 0 Å². The van der Waals surface area contributed by atoms with Crippen molar-refractivity contribution < 1.29 is 90.4 Å². The summed E-state index contributed by atoms with van der Waals surface area (Å²) < 4.78 is 25.6. The first-order chi connectivity index (χ1) is 30.0. The zero-order valence-electron chi connectivity index (χ0n) is 32.1. The zero-order chi connectivity index (χ0) is 44.5. The average molecular weight is 865 g/mol.